The third-order valence-corrected chi connectivity index (χ3v) is 3.42. The summed E-state index contributed by atoms with van der Waals surface area (Å²) in [5, 5.41) is 22.4. The lowest BCUT2D eigenvalue weighted by Crippen LogP contribution is -1.99. The molecule has 0 atom stereocenters. The number of aromatic amines is 1. The van der Waals surface area contributed by atoms with Crippen molar-refractivity contribution in [2.45, 2.75) is 6.54 Å². The first kappa shape index (κ1) is 12.8. The minimum absolute atomic E-state index is 0.390. The van der Waals surface area contributed by atoms with Crippen molar-refractivity contribution in [3.05, 3.63) is 65.4 Å². The van der Waals surface area contributed by atoms with E-state index < -0.39 is 0 Å². The largest absolute Gasteiger partial charge is 0.381 e. The van der Waals surface area contributed by atoms with Crippen LogP contribution in [0.15, 0.2) is 48.7 Å². The fourth-order valence-corrected chi connectivity index (χ4v) is 2.32. The van der Waals surface area contributed by atoms with Gasteiger partial charge in [0.2, 0.25) is 0 Å². The molecule has 0 aliphatic rings. The zero-order valence-electron chi connectivity index (χ0n) is 11.2. The number of benzene rings is 2. The fraction of sp³-hybridized carbons (Fsp3) is 0.0588. The normalized spacial score (nSPS) is 10.0. The lowest BCUT2D eigenvalue weighted by molar-refractivity contribution is 1.16. The molecular weight excluding hydrogens is 260 g/mol. The van der Waals surface area contributed by atoms with Gasteiger partial charge in [0.1, 0.15) is 12.1 Å². The maximum absolute atomic E-state index is 9.03. The average Bonchev–Trinajstić information content (AvgIpc) is 2.96. The Balaban J connectivity index is 1.82. The molecule has 1 heterocycles. The van der Waals surface area contributed by atoms with Gasteiger partial charge in [-0.05, 0) is 29.8 Å². The van der Waals surface area contributed by atoms with Crippen LogP contribution < -0.4 is 5.32 Å². The van der Waals surface area contributed by atoms with Crippen molar-refractivity contribution in [3.63, 3.8) is 0 Å². The van der Waals surface area contributed by atoms with Gasteiger partial charge < -0.3 is 10.3 Å². The van der Waals surface area contributed by atoms with Gasteiger partial charge in [-0.3, -0.25) is 0 Å². The number of rotatable bonds is 3. The predicted molar refractivity (Wildman–Crippen MR) is 81.5 cm³/mol. The summed E-state index contributed by atoms with van der Waals surface area (Å²) in [5.41, 5.74) is 3.88. The van der Waals surface area contributed by atoms with Crippen LogP contribution in [-0.2, 0) is 6.54 Å². The number of nitriles is 2. The van der Waals surface area contributed by atoms with Gasteiger partial charge in [0, 0.05) is 29.3 Å². The lowest BCUT2D eigenvalue weighted by Gasteiger charge is -2.06. The van der Waals surface area contributed by atoms with Crippen molar-refractivity contribution in [1.29, 1.82) is 10.5 Å². The smallest absolute Gasteiger partial charge is 0.101 e. The Labute approximate surface area is 122 Å². The van der Waals surface area contributed by atoms with E-state index in [0.717, 1.165) is 16.8 Å². The van der Waals surface area contributed by atoms with Gasteiger partial charge in [0.25, 0.3) is 0 Å². The molecule has 21 heavy (non-hydrogen) atoms. The number of hydrogen-bond donors (Lipinski definition) is 2. The Hall–Kier alpha value is -3.24. The van der Waals surface area contributed by atoms with Gasteiger partial charge in [-0.25, -0.2) is 0 Å². The highest BCUT2D eigenvalue weighted by molar-refractivity contribution is 5.83. The second-order valence-corrected chi connectivity index (χ2v) is 4.70. The third-order valence-electron chi connectivity index (χ3n) is 3.42. The highest BCUT2D eigenvalue weighted by Gasteiger charge is 2.05. The summed E-state index contributed by atoms with van der Waals surface area (Å²) >= 11 is 0. The molecule has 2 N–H and O–H groups in total. The molecular formula is C17H12N4. The van der Waals surface area contributed by atoms with Crippen molar-refractivity contribution in [1.82, 2.24) is 4.98 Å². The molecule has 0 bridgehead atoms. The molecule has 2 aromatic carbocycles. The number of hydrogen-bond acceptors (Lipinski definition) is 3. The van der Waals surface area contributed by atoms with E-state index >= 15 is 0 Å². The monoisotopic (exact) mass is 272 g/mol. The van der Waals surface area contributed by atoms with Gasteiger partial charge in [-0.2, -0.15) is 10.5 Å². The zero-order chi connectivity index (χ0) is 14.7. The Kier molecular flexibility index (Phi) is 3.29. The zero-order valence-corrected chi connectivity index (χ0v) is 11.2. The second kappa shape index (κ2) is 5.40. The van der Waals surface area contributed by atoms with Crippen LogP contribution in [-0.4, -0.2) is 4.98 Å². The summed E-state index contributed by atoms with van der Waals surface area (Å²) in [6.07, 6.45) is 1.98. The molecule has 0 amide bonds. The molecule has 3 aromatic rings. The van der Waals surface area contributed by atoms with Crippen molar-refractivity contribution in [3.8, 4) is 12.1 Å². The second-order valence-electron chi connectivity index (χ2n) is 4.70. The van der Waals surface area contributed by atoms with Crippen LogP contribution >= 0.6 is 0 Å². The van der Waals surface area contributed by atoms with Crippen LogP contribution in [0.2, 0.25) is 0 Å². The number of H-pyrrole nitrogens is 1. The van der Waals surface area contributed by atoms with Crippen molar-refractivity contribution >= 4 is 16.6 Å². The Bertz CT molecular complexity index is 878. The SMILES string of the molecule is N#Cc1ccc(NCc2c[nH]c3ccccc23)cc1C#N. The summed E-state index contributed by atoms with van der Waals surface area (Å²) < 4.78 is 0. The van der Waals surface area contributed by atoms with Gasteiger partial charge >= 0.3 is 0 Å². The molecule has 0 spiro atoms. The molecule has 0 unspecified atom stereocenters. The van der Waals surface area contributed by atoms with E-state index in [2.05, 4.69) is 16.4 Å². The molecule has 100 valence electrons. The molecule has 0 radical (unpaired) electrons. The molecule has 4 heteroatoms. The standard InChI is InChI=1S/C17H12N4/c18-8-12-5-6-15(7-13(12)9-19)20-10-14-11-21-17-4-2-1-3-16(14)17/h1-7,11,20-21H,10H2. The third kappa shape index (κ3) is 2.43. The van der Waals surface area contributed by atoms with E-state index in [9.17, 15) is 0 Å². The van der Waals surface area contributed by atoms with E-state index in [-0.39, 0.29) is 0 Å². The summed E-state index contributed by atoms with van der Waals surface area (Å²) in [7, 11) is 0. The number of fused-ring (bicyclic) bond motifs is 1. The van der Waals surface area contributed by atoms with E-state index in [4.69, 9.17) is 10.5 Å². The molecule has 0 aliphatic heterocycles. The minimum atomic E-state index is 0.390. The van der Waals surface area contributed by atoms with Crippen molar-refractivity contribution < 1.29 is 0 Å². The maximum Gasteiger partial charge on any atom is 0.101 e. The van der Waals surface area contributed by atoms with Gasteiger partial charge in [0.15, 0.2) is 0 Å². The van der Waals surface area contributed by atoms with Gasteiger partial charge in [0.05, 0.1) is 11.1 Å². The molecule has 1 aromatic heterocycles. The Morgan fingerprint density at radius 1 is 1.00 bits per heavy atom. The number of aromatic nitrogens is 1. The first-order chi connectivity index (χ1) is 10.3. The number of nitrogens with one attached hydrogen (secondary N) is 2. The van der Waals surface area contributed by atoms with Gasteiger partial charge in [-0.1, -0.05) is 18.2 Å². The molecule has 0 fully saturated rings. The van der Waals surface area contributed by atoms with Crippen molar-refractivity contribution in [2.24, 2.45) is 0 Å². The first-order valence-corrected chi connectivity index (χ1v) is 6.55. The lowest BCUT2D eigenvalue weighted by atomic mass is 10.1. The van der Waals surface area contributed by atoms with Gasteiger partial charge in [-0.15, -0.1) is 0 Å². The molecule has 0 aliphatic carbocycles. The molecule has 4 nitrogen and oxygen atoms in total. The summed E-state index contributed by atoms with van der Waals surface area (Å²) in [6.45, 7) is 0.654. The van der Waals surface area contributed by atoms with Crippen LogP contribution in [0.3, 0.4) is 0 Å². The Morgan fingerprint density at radius 3 is 2.62 bits per heavy atom. The minimum Gasteiger partial charge on any atom is -0.381 e. The fourth-order valence-electron chi connectivity index (χ4n) is 2.32. The van der Waals surface area contributed by atoms with E-state index in [1.807, 2.05) is 42.6 Å². The van der Waals surface area contributed by atoms with Crippen LogP contribution in [0.1, 0.15) is 16.7 Å². The van der Waals surface area contributed by atoms with E-state index in [0.29, 0.717) is 17.7 Å². The van der Waals surface area contributed by atoms with Crippen LogP contribution in [0, 0.1) is 22.7 Å². The quantitative estimate of drug-likeness (QED) is 0.766. The van der Waals surface area contributed by atoms with Crippen LogP contribution in [0.5, 0.6) is 0 Å². The molecule has 0 saturated heterocycles. The van der Waals surface area contributed by atoms with Crippen LogP contribution in [0.25, 0.3) is 10.9 Å². The predicted octanol–water partition coefficient (Wildman–Crippen LogP) is 3.52. The van der Waals surface area contributed by atoms with E-state index in [1.54, 1.807) is 12.1 Å². The summed E-state index contributed by atoms with van der Waals surface area (Å²) in [4.78, 5) is 3.23. The summed E-state index contributed by atoms with van der Waals surface area (Å²) in [5.74, 6) is 0. The molecule has 3 rings (SSSR count). The topological polar surface area (TPSA) is 75.4 Å². The number of anilines is 1. The maximum atomic E-state index is 9.03. The first-order valence-electron chi connectivity index (χ1n) is 6.55. The highest BCUT2D eigenvalue weighted by atomic mass is 14.9. The average molecular weight is 272 g/mol. The number of para-hydroxylation sites is 1. The summed E-state index contributed by atoms with van der Waals surface area (Å²) in [6, 6.07) is 17.3. The van der Waals surface area contributed by atoms with Crippen molar-refractivity contribution in [2.75, 3.05) is 5.32 Å². The Morgan fingerprint density at radius 2 is 1.81 bits per heavy atom. The highest BCUT2D eigenvalue weighted by Crippen LogP contribution is 2.20. The number of nitrogens with zero attached hydrogens (tertiary/aromatic N) is 2. The molecule has 0 saturated carbocycles. The van der Waals surface area contributed by atoms with E-state index in [1.165, 1.54) is 5.39 Å². The van der Waals surface area contributed by atoms with Crippen LogP contribution in [0.4, 0.5) is 5.69 Å².